The van der Waals surface area contributed by atoms with Crippen molar-refractivity contribution in [2.45, 2.75) is 108 Å². The predicted molar refractivity (Wildman–Crippen MR) is 142 cm³/mol. The Labute approximate surface area is 207 Å². The van der Waals surface area contributed by atoms with E-state index in [1.807, 2.05) is 0 Å². The standard InChI is InChI=1S/C29H46N4O/c1-3-22-10-7-8-13-25(18-22)21-31-26-15-9-14-24(19-26)20-29(27(34)33(2)28(30)32-29)17-16-23-11-5-4-6-12-23/h7-8,10,13,23-24,26,31H,3-6,9,11-12,14-21H2,1-2H3,(H2,30,32)/t24?,26?,29-/m1/s1. The lowest BCUT2D eigenvalue weighted by atomic mass is 9.74. The minimum atomic E-state index is -0.627. The predicted octanol–water partition coefficient (Wildman–Crippen LogP) is 5.63. The molecule has 3 atom stereocenters. The molecule has 3 aliphatic carbocycles. The Balaban J connectivity index is 1.35. The molecule has 0 spiro atoms. The minimum absolute atomic E-state index is 0.130. The van der Waals surface area contributed by atoms with Gasteiger partial charge in [0, 0.05) is 19.6 Å². The molecular weight excluding hydrogens is 420 g/mol. The molecule has 188 valence electrons. The Hall–Kier alpha value is -1.88. The van der Waals surface area contributed by atoms with Crippen molar-refractivity contribution >= 4 is 11.9 Å². The molecule has 5 heteroatoms. The molecule has 0 saturated heterocycles. The third-order valence-corrected chi connectivity index (χ3v) is 8.78. The smallest absolute Gasteiger partial charge is 0.257 e. The maximum Gasteiger partial charge on any atom is 0.257 e. The molecule has 0 aromatic rings. The van der Waals surface area contributed by atoms with Crippen LogP contribution in [-0.4, -0.2) is 41.9 Å². The second-order valence-corrected chi connectivity index (χ2v) is 11.3. The van der Waals surface area contributed by atoms with Crippen LogP contribution in [0.25, 0.3) is 0 Å². The Kier molecular flexibility index (Phi) is 8.68. The van der Waals surface area contributed by atoms with Crippen molar-refractivity contribution < 1.29 is 4.79 Å². The van der Waals surface area contributed by atoms with Crippen LogP contribution in [-0.2, 0) is 4.79 Å². The number of nitrogens with zero attached hydrogens (tertiary/aromatic N) is 2. The van der Waals surface area contributed by atoms with Crippen LogP contribution in [0, 0.1) is 11.8 Å². The van der Waals surface area contributed by atoms with Crippen molar-refractivity contribution in [1.82, 2.24) is 10.2 Å². The fraction of sp³-hybridized carbons (Fsp3) is 0.724. The van der Waals surface area contributed by atoms with E-state index >= 15 is 0 Å². The molecule has 1 aliphatic heterocycles. The van der Waals surface area contributed by atoms with Crippen LogP contribution in [0.2, 0.25) is 0 Å². The normalized spacial score (nSPS) is 30.7. The van der Waals surface area contributed by atoms with Gasteiger partial charge < -0.3 is 11.1 Å². The van der Waals surface area contributed by atoms with Crippen LogP contribution in [0.3, 0.4) is 0 Å². The van der Waals surface area contributed by atoms with Crippen LogP contribution < -0.4 is 11.1 Å². The molecule has 4 rings (SSSR count). The molecule has 0 radical (unpaired) electrons. The van der Waals surface area contributed by atoms with Gasteiger partial charge in [0.1, 0.15) is 5.54 Å². The number of allylic oxidation sites excluding steroid dienone is 5. The Bertz CT molecular complexity index is 835. The maximum atomic E-state index is 13.4. The van der Waals surface area contributed by atoms with Gasteiger partial charge >= 0.3 is 0 Å². The van der Waals surface area contributed by atoms with Gasteiger partial charge in [0.25, 0.3) is 5.91 Å². The summed E-state index contributed by atoms with van der Waals surface area (Å²) in [6.45, 7) is 3.20. The second-order valence-electron chi connectivity index (χ2n) is 11.3. The first-order valence-electron chi connectivity index (χ1n) is 13.9. The fourth-order valence-corrected chi connectivity index (χ4v) is 6.65. The molecule has 0 aromatic heterocycles. The van der Waals surface area contributed by atoms with Crippen LogP contribution in [0.5, 0.6) is 0 Å². The van der Waals surface area contributed by atoms with Crippen molar-refractivity contribution in [1.29, 1.82) is 0 Å². The van der Waals surface area contributed by atoms with E-state index in [-0.39, 0.29) is 5.91 Å². The quantitative estimate of drug-likeness (QED) is 0.462. The first kappa shape index (κ1) is 25.2. The van der Waals surface area contributed by atoms with Crippen molar-refractivity contribution in [3.05, 3.63) is 35.5 Å². The number of amides is 1. The zero-order chi connectivity index (χ0) is 24.0. The summed E-state index contributed by atoms with van der Waals surface area (Å²) in [6, 6.07) is 0.520. The van der Waals surface area contributed by atoms with Gasteiger partial charge in [-0.1, -0.05) is 87.3 Å². The highest BCUT2D eigenvalue weighted by atomic mass is 16.2. The molecule has 2 fully saturated rings. The van der Waals surface area contributed by atoms with Crippen molar-refractivity contribution in [2.75, 3.05) is 13.6 Å². The highest BCUT2D eigenvalue weighted by Crippen LogP contribution is 2.40. The van der Waals surface area contributed by atoms with Gasteiger partial charge in [-0.2, -0.15) is 0 Å². The Morgan fingerprint density at radius 2 is 1.79 bits per heavy atom. The number of hydrogen-bond acceptors (Lipinski definition) is 4. The molecule has 5 nitrogen and oxygen atoms in total. The average Bonchev–Trinajstić information content (AvgIpc) is 3.02. The minimum Gasteiger partial charge on any atom is -0.369 e. The molecule has 0 aromatic carbocycles. The van der Waals surface area contributed by atoms with E-state index in [0.717, 1.165) is 51.0 Å². The largest absolute Gasteiger partial charge is 0.369 e. The Morgan fingerprint density at radius 3 is 2.50 bits per heavy atom. The zero-order valence-electron chi connectivity index (χ0n) is 21.5. The molecule has 2 saturated carbocycles. The summed E-state index contributed by atoms with van der Waals surface area (Å²) in [5.41, 5.74) is 8.52. The number of nitrogens with two attached hydrogens (primary N) is 1. The number of carbonyl (C=O) groups is 1. The highest BCUT2D eigenvalue weighted by molar-refractivity contribution is 6.06. The number of rotatable bonds is 9. The number of likely N-dealkylation sites (N-methyl/N-ethyl adjacent to an activating group) is 1. The summed E-state index contributed by atoms with van der Waals surface area (Å²) in [5, 5.41) is 3.86. The SMILES string of the molecule is CCC1=CC=CC=C(CNC2CCCC(C[C@@]3(CCC4CCCCC4)N=C(N)N(C)C3=O)C2)C1. The summed E-state index contributed by atoms with van der Waals surface area (Å²) >= 11 is 0. The lowest BCUT2D eigenvalue weighted by Crippen LogP contribution is -2.45. The van der Waals surface area contributed by atoms with Gasteiger partial charge in [-0.05, 0) is 56.8 Å². The summed E-state index contributed by atoms with van der Waals surface area (Å²) in [6.07, 6.45) is 25.4. The molecular formula is C29H46N4O. The lowest BCUT2D eigenvalue weighted by molar-refractivity contribution is -0.131. The zero-order valence-corrected chi connectivity index (χ0v) is 21.5. The number of carbonyl (C=O) groups excluding carboxylic acids is 1. The van der Waals surface area contributed by atoms with Gasteiger partial charge in [-0.3, -0.25) is 9.69 Å². The topological polar surface area (TPSA) is 70.7 Å². The van der Waals surface area contributed by atoms with Gasteiger partial charge in [0.2, 0.25) is 0 Å². The number of nitrogens with one attached hydrogen (secondary N) is 1. The first-order valence-corrected chi connectivity index (χ1v) is 13.9. The fourth-order valence-electron chi connectivity index (χ4n) is 6.65. The molecule has 1 amide bonds. The Morgan fingerprint density at radius 1 is 1.06 bits per heavy atom. The van der Waals surface area contributed by atoms with E-state index < -0.39 is 5.54 Å². The van der Waals surface area contributed by atoms with Gasteiger partial charge in [-0.15, -0.1) is 0 Å². The van der Waals surface area contributed by atoms with Crippen molar-refractivity contribution in [3.8, 4) is 0 Å². The lowest BCUT2D eigenvalue weighted by Gasteiger charge is -2.36. The van der Waals surface area contributed by atoms with E-state index in [1.54, 1.807) is 11.9 Å². The van der Waals surface area contributed by atoms with Crippen molar-refractivity contribution in [3.63, 3.8) is 0 Å². The molecule has 34 heavy (non-hydrogen) atoms. The third-order valence-electron chi connectivity index (χ3n) is 8.78. The molecule has 1 heterocycles. The van der Waals surface area contributed by atoms with Crippen LogP contribution in [0.1, 0.15) is 96.8 Å². The molecule has 2 unspecified atom stereocenters. The monoisotopic (exact) mass is 466 g/mol. The van der Waals surface area contributed by atoms with Gasteiger partial charge in [-0.25, -0.2) is 4.99 Å². The average molecular weight is 467 g/mol. The van der Waals surface area contributed by atoms with Crippen LogP contribution in [0.15, 0.2) is 40.4 Å². The summed E-state index contributed by atoms with van der Waals surface area (Å²) in [7, 11) is 1.79. The molecule has 0 bridgehead atoms. The van der Waals surface area contributed by atoms with E-state index in [1.165, 1.54) is 62.5 Å². The number of aliphatic imine (C=N–C) groups is 1. The van der Waals surface area contributed by atoms with Crippen LogP contribution >= 0.6 is 0 Å². The maximum absolute atomic E-state index is 13.4. The van der Waals surface area contributed by atoms with Gasteiger partial charge in [0.05, 0.1) is 0 Å². The first-order chi connectivity index (χ1) is 16.5. The summed E-state index contributed by atoms with van der Waals surface area (Å²) < 4.78 is 0. The van der Waals surface area contributed by atoms with Crippen LogP contribution in [0.4, 0.5) is 0 Å². The number of guanidine groups is 1. The molecule has 3 N–H and O–H groups in total. The molecule has 4 aliphatic rings. The van der Waals surface area contributed by atoms with E-state index in [9.17, 15) is 4.79 Å². The third kappa shape index (κ3) is 6.21. The summed E-state index contributed by atoms with van der Waals surface area (Å²) in [5.74, 6) is 1.82. The summed E-state index contributed by atoms with van der Waals surface area (Å²) in [4.78, 5) is 19.8. The van der Waals surface area contributed by atoms with Gasteiger partial charge in [0.15, 0.2) is 5.96 Å². The van der Waals surface area contributed by atoms with Crippen molar-refractivity contribution in [2.24, 2.45) is 22.6 Å². The van der Waals surface area contributed by atoms with E-state index in [4.69, 9.17) is 10.7 Å². The number of hydrogen-bond donors (Lipinski definition) is 2. The van der Waals surface area contributed by atoms with E-state index in [0.29, 0.717) is 17.9 Å². The second kappa shape index (κ2) is 11.7. The van der Waals surface area contributed by atoms with E-state index in [2.05, 4.69) is 36.5 Å². The highest BCUT2D eigenvalue weighted by Gasteiger charge is 2.47.